The van der Waals surface area contributed by atoms with Crippen LogP contribution in [-0.4, -0.2) is 47.2 Å². The molecule has 2 bridgehead atoms. The molecule has 6 heteroatoms. The lowest BCUT2D eigenvalue weighted by Gasteiger charge is -2.45. The Kier molecular flexibility index (Phi) is 4.92. The number of carbonyl (C=O) groups is 2. The minimum Gasteiger partial charge on any atom is -0.392 e. The second kappa shape index (κ2) is 6.98. The predicted octanol–water partition coefficient (Wildman–Crippen LogP) is 1.93. The highest BCUT2D eigenvalue weighted by atomic mass is 17.2. The van der Waals surface area contributed by atoms with Gasteiger partial charge in [-0.1, -0.05) is 30.3 Å². The summed E-state index contributed by atoms with van der Waals surface area (Å²) in [5, 5.41) is 10.4. The summed E-state index contributed by atoms with van der Waals surface area (Å²) < 4.78 is 0. The molecular formula is C19H23NO5. The first-order chi connectivity index (χ1) is 11.9. The van der Waals surface area contributed by atoms with Crippen LogP contribution >= 0.6 is 0 Å². The van der Waals surface area contributed by atoms with Crippen LogP contribution in [0.3, 0.4) is 0 Å². The molecule has 134 valence electrons. The Balaban J connectivity index is 1.60. The zero-order chi connectivity index (χ0) is 18.0. The Morgan fingerprint density at radius 3 is 2.68 bits per heavy atom. The van der Waals surface area contributed by atoms with Crippen LogP contribution in [0.25, 0.3) is 6.08 Å². The molecular weight excluding hydrogens is 322 g/mol. The van der Waals surface area contributed by atoms with Gasteiger partial charge in [0.2, 0.25) is 0 Å². The van der Waals surface area contributed by atoms with Gasteiger partial charge in [0, 0.05) is 18.2 Å². The Hall–Kier alpha value is -2.18. The first-order valence-corrected chi connectivity index (χ1v) is 8.49. The molecule has 1 aromatic rings. The topological polar surface area (TPSA) is 76.1 Å². The molecule has 4 atom stereocenters. The molecule has 6 nitrogen and oxygen atoms in total. The van der Waals surface area contributed by atoms with Gasteiger partial charge in [0.15, 0.2) is 0 Å². The smallest absolute Gasteiger partial charge is 0.379 e. The monoisotopic (exact) mass is 345 g/mol. The zero-order valence-electron chi connectivity index (χ0n) is 14.4. The fraction of sp³-hybridized carbons (Fsp3) is 0.474. The highest BCUT2D eigenvalue weighted by Crippen LogP contribution is 2.46. The number of carbonyl (C=O) groups excluding carboxylic acids is 2. The van der Waals surface area contributed by atoms with Crippen molar-refractivity contribution in [2.75, 3.05) is 7.05 Å². The molecule has 25 heavy (non-hydrogen) atoms. The molecule has 0 radical (unpaired) electrons. The predicted molar refractivity (Wildman–Crippen MR) is 91.0 cm³/mol. The molecule has 0 spiro atoms. The summed E-state index contributed by atoms with van der Waals surface area (Å²) in [5.74, 6) is -1.48. The Morgan fingerprint density at radius 2 is 1.96 bits per heavy atom. The summed E-state index contributed by atoms with van der Waals surface area (Å²) in [4.78, 5) is 35.8. The number of benzene rings is 1. The summed E-state index contributed by atoms with van der Waals surface area (Å²) in [6, 6.07) is 9.41. The van der Waals surface area contributed by atoms with Crippen LogP contribution in [0.5, 0.6) is 0 Å². The average Bonchev–Trinajstić information content (AvgIpc) is 2.91. The number of nitrogens with zero attached hydrogens (tertiary/aromatic N) is 1. The fourth-order valence-electron chi connectivity index (χ4n) is 3.94. The van der Waals surface area contributed by atoms with E-state index < -0.39 is 23.5 Å². The lowest BCUT2D eigenvalue weighted by atomic mass is 9.73. The molecule has 2 fully saturated rings. The van der Waals surface area contributed by atoms with Gasteiger partial charge in [-0.05, 0) is 44.9 Å². The SMILES string of the molecule is CN1[C@H]2CC[C@@H]1[C@@](C)(C(=O)OOC(=O)/C=C/c1ccccc1)[C@@H](O)C2. The van der Waals surface area contributed by atoms with Gasteiger partial charge < -0.3 is 5.11 Å². The number of hydrogen-bond donors (Lipinski definition) is 1. The van der Waals surface area contributed by atoms with E-state index in [2.05, 4.69) is 9.79 Å². The van der Waals surface area contributed by atoms with Crippen molar-refractivity contribution in [2.45, 2.75) is 44.4 Å². The molecule has 0 saturated carbocycles. The summed E-state index contributed by atoms with van der Waals surface area (Å²) >= 11 is 0. The van der Waals surface area contributed by atoms with Crippen LogP contribution in [-0.2, 0) is 19.4 Å². The molecule has 2 heterocycles. The van der Waals surface area contributed by atoms with Crippen LogP contribution in [0.15, 0.2) is 36.4 Å². The third-order valence-corrected chi connectivity index (χ3v) is 5.57. The van der Waals surface area contributed by atoms with E-state index in [1.165, 1.54) is 6.08 Å². The van der Waals surface area contributed by atoms with Gasteiger partial charge >= 0.3 is 11.9 Å². The summed E-state index contributed by atoms with van der Waals surface area (Å²) in [6.45, 7) is 1.68. The van der Waals surface area contributed by atoms with Crippen molar-refractivity contribution in [3.63, 3.8) is 0 Å². The van der Waals surface area contributed by atoms with Crippen LogP contribution in [0, 0.1) is 5.41 Å². The minimum atomic E-state index is -1.11. The van der Waals surface area contributed by atoms with Crippen molar-refractivity contribution in [1.82, 2.24) is 4.90 Å². The van der Waals surface area contributed by atoms with Crippen LogP contribution in [0.1, 0.15) is 31.7 Å². The van der Waals surface area contributed by atoms with E-state index in [-0.39, 0.29) is 12.1 Å². The molecule has 1 aromatic carbocycles. The van der Waals surface area contributed by atoms with Crippen molar-refractivity contribution in [2.24, 2.45) is 5.41 Å². The quantitative estimate of drug-likeness (QED) is 0.513. The maximum atomic E-state index is 12.5. The van der Waals surface area contributed by atoms with Gasteiger partial charge in [-0.15, -0.1) is 0 Å². The second-order valence-electron chi connectivity index (χ2n) is 6.96. The lowest BCUT2D eigenvalue weighted by Crippen LogP contribution is -2.59. The highest BCUT2D eigenvalue weighted by Gasteiger charge is 2.58. The standard InChI is InChI=1S/C19H23NO5/c1-19(15-10-9-14(20(15)2)12-16(19)21)18(23)25-24-17(22)11-8-13-6-4-3-5-7-13/h3-8,11,14-16,21H,9-10,12H2,1-2H3/b11-8+/t14-,15+,16-,19+/m0/s1. The number of piperidine rings is 1. The number of aliphatic hydroxyl groups is 1. The van der Waals surface area contributed by atoms with Gasteiger partial charge in [0.05, 0.1) is 6.10 Å². The molecule has 0 aliphatic carbocycles. The van der Waals surface area contributed by atoms with Gasteiger partial charge in [-0.25, -0.2) is 19.4 Å². The van der Waals surface area contributed by atoms with Gasteiger partial charge in [0.1, 0.15) is 5.41 Å². The highest BCUT2D eigenvalue weighted by molar-refractivity contribution is 5.87. The zero-order valence-corrected chi connectivity index (χ0v) is 14.4. The van der Waals surface area contributed by atoms with E-state index in [1.54, 1.807) is 13.0 Å². The van der Waals surface area contributed by atoms with Crippen molar-refractivity contribution >= 4 is 18.0 Å². The Morgan fingerprint density at radius 1 is 1.24 bits per heavy atom. The van der Waals surface area contributed by atoms with Crippen molar-refractivity contribution in [1.29, 1.82) is 0 Å². The fourth-order valence-corrected chi connectivity index (χ4v) is 3.94. The number of rotatable bonds is 3. The van der Waals surface area contributed by atoms with Crippen molar-refractivity contribution in [3.05, 3.63) is 42.0 Å². The van der Waals surface area contributed by atoms with Crippen molar-refractivity contribution < 1.29 is 24.5 Å². The van der Waals surface area contributed by atoms with E-state index in [4.69, 9.17) is 4.89 Å². The first-order valence-electron chi connectivity index (χ1n) is 8.49. The molecule has 0 aromatic heterocycles. The summed E-state index contributed by atoms with van der Waals surface area (Å²) in [7, 11) is 1.95. The molecule has 2 aliphatic rings. The lowest BCUT2D eigenvalue weighted by molar-refractivity contribution is -0.269. The maximum absolute atomic E-state index is 12.5. The number of fused-ring (bicyclic) bond motifs is 2. The van der Waals surface area contributed by atoms with Gasteiger partial charge in [0.25, 0.3) is 0 Å². The normalized spacial score (nSPS) is 31.9. The average molecular weight is 345 g/mol. The van der Waals surface area contributed by atoms with Crippen LogP contribution in [0.2, 0.25) is 0 Å². The molecule has 0 amide bonds. The third kappa shape index (κ3) is 3.32. The molecule has 2 aliphatic heterocycles. The summed E-state index contributed by atoms with van der Waals surface area (Å²) in [5.41, 5.74) is -0.274. The van der Waals surface area contributed by atoms with E-state index in [0.29, 0.717) is 6.42 Å². The number of hydrogen-bond acceptors (Lipinski definition) is 6. The van der Waals surface area contributed by atoms with Crippen molar-refractivity contribution in [3.8, 4) is 0 Å². The van der Waals surface area contributed by atoms with Gasteiger partial charge in [-0.3, -0.25) is 4.90 Å². The molecule has 3 rings (SSSR count). The largest absolute Gasteiger partial charge is 0.392 e. The Bertz CT molecular complexity index is 674. The molecule has 0 unspecified atom stereocenters. The van der Waals surface area contributed by atoms with E-state index in [1.807, 2.05) is 37.4 Å². The van der Waals surface area contributed by atoms with Gasteiger partial charge in [-0.2, -0.15) is 0 Å². The van der Waals surface area contributed by atoms with E-state index in [0.717, 1.165) is 18.4 Å². The van der Waals surface area contributed by atoms with Crippen LogP contribution in [0.4, 0.5) is 0 Å². The first kappa shape index (κ1) is 17.6. The number of aliphatic hydroxyl groups excluding tert-OH is 1. The molecule has 1 N–H and O–H groups in total. The molecule has 2 saturated heterocycles. The second-order valence-corrected chi connectivity index (χ2v) is 6.96. The van der Waals surface area contributed by atoms with E-state index in [9.17, 15) is 14.7 Å². The Labute approximate surface area is 147 Å². The summed E-state index contributed by atoms with van der Waals surface area (Å²) in [6.07, 6.45) is 4.22. The van der Waals surface area contributed by atoms with E-state index >= 15 is 0 Å². The van der Waals surface area contributed by atoms with Crippen LogP contribution < -0.4 is 0 Å². The maximum Gasteiger partial charge on any atom is 0.379 e. The third-order valence-electron chi connectivity index (χ3n) is 5.57. The minimum absolute atomic E-state index is 0.118.